The van der Waals surface area contributed by atoms with Gasteiger partial charge in [-0.2, -0.15) is 0 Å². The second-order valence-electron chi connectivity index (χ2n) is 5.20. The topological polar surface area (TPSA) is 46.5 Å². The maximum atomic E-state index is 10.9. The van der Waals surface area contributed by atoms with Gasteiger partial charge in [0.1, 0.15) is 4.88 Å². The van der Waals surface area contributed by atoms with Crippen molar-refractivity contribution in [1.82, 2.24) is 0 Å². The molecule has 1 fully saturated rings. The number of aryl methyl sites for hydroxylation is 1. The average Bonchev–Trinajstić information content (AvgIpc) is 2.68. The number of carbonyl (C=O) groups is 1. The second kappa shape index (κ2) is 5.85. The zero-order valence-corrected chi connectivity index (χ0v) is 11.8. The Morgan fingerprint density at radius 1 is 1.56 bits per heavy atom. The average molecular weight is 268 g/mol. The normalized spacial score (nSPS) is 24.1. The van der Waals surface area contributed by atoms with Crippen LogP contribution in [0.3, 0.4) is 0 Å². The molecule has 0 radical (unpaired) electrons. The minimum absolute atomic E-state index is 0.348. The van der Waals surface area contributed by atoms with Crippen molar-refractivity contribution in [3.8, 4) is 0 Å². The molecule has 2 rings (SSSR count). The van der Waals surface area contributed by atoms with E-state index in [1.54, 1.807) is 6.07 Å². The van der Waals surface area contributed by atoms with Gasteiger partial charge in [0.15, 0.2) is 0 Å². The summed E-state index contributed by atoms with van der Waals surface area (Å²) >= 11 is 1.33. The summed E-state index contributed by atoms with van der Waals surface area (Å²) in [6.07, 6.45) is 5.17. The third kappa shape index (κ3) is 3.33. The highest BCUT2D eigenvalue weighted by molar-refractivity contribution is 7.14. The van der Waals surface area contributed by atoms with Crippen molar-refractivity contribution in [2.45, 2.75) is 52.2 Å². The fourth-order valence-electron chi connectivity index (χ4n) is 2.51. The number of thiophene rings is 1. The van der Waals surface area contributed by atoms with Crippen LogP contribution in [0.15, 0.2) is 6.07 Å². The fraction of sp³-hybridized carbons (Fsp3) is 0.643. The van der Waals surface area contributed by atoms with Crippen LogP contribution in [-0.4, -0.2) is 17.2 Å². The van der Waals surface area contributed by atoms with Crippen molar-refractivity contribution in [2.75, 3.05) is 0 Å². The molecule has 1 N–H and O–H groups in total. The maximum absolute atomic E-state index is 10.9. The van der Waals surface area contributed by atoms with E-state index < -0.39 is 5.97 Å². The molecule has 1 aliphatic carbocycles. The number of hydrogen-bond acceptors (Lipinski definition) is 3. The van der Waals surface area contributed by atoms with E-state index in [-0.39, 0.29) is 0 Å². The third-order valence-electron chi connectivity index (χ3n) is 3.59. The molecule has 1 heterocycles. The van der Waals surface area contributed by atoms with Gasteiger partial charge in [-0.25, -0.2) is 4.79 Å². The van der Waals surface area contributed by atoms with Gasteiger partial charge >= 0.3 is 5.97 Å². The number of ether oxygens (including phenoxy) is 1. The summed E-state index contributed by atoms with van der Waals surface area (Å²) in [5.74, 6) is -0.0949. The Balaban J connectivity index is 1.91. The molecule has 0 amide bonds. The molecule has 0 aliphatic heterocycles. The lowest BCUT2D eigenvalue weighted by Crippen LogP contribution is -2.21. The van der Waals surface area contributed by atoms with Crippen LogP contribution in [0.4, 0.5) is 0 Å². The Hall–Kier alpha value is -0.870. The highest BCUT2D eigenvalue weighted by atomic mass is 32.1. The largest absolute Gasteiger partial charge is 0.477 e. The smallest absolute Gasteiger partial charge is 0.345 e. The quantitative estimate of drug-likeness (QED) is 0.902. The van der Waals surface area contributed by atoms with Crippen LogP contribution in [0.5, 0.6) is 0 Å². The predicted molar refractivity (Wildman–Crippen MR) is 72.2 cm³/mol. The number of carboxylic acids is 1. The van der Waals surface area contributed by atoms with Crippen LogP contribution >= 0.6 is 11.3 Å². The Morgan fingerprint density at radius 2 is 2.33 bits per heavy atom. The molecule has 0 aromatic carbocycles. The number of aromatic carboxylic acids is 1. The summed E-state index contributed by atoms with van der Waals surface area (Å²) < 4.78 is 5.93. The van der Waals surface area contributed by atoms with Crippen molar-refractivity contribution in [3.05, 3.63) is 21.4 Å². The van der Waals surface area contributed by atoms with Gasteiger partial charge < -0.3 is 9.84 Å². The molecule has 2 unspecified atom stereocenters. The zero-order valence-electron chi connectivity index (χ0n) is 10.9. The molecule has 1 aromatic heterocycles. The summed E-state index contributed by atoms with van der Waals surface area (Å²) in [6.45, 7) is 4.78. The Kier molecular flexibility index (Phi) is 4.40. The van der Waals surface area contributed by atoms with Gasteiger partial charge in [0.25, 0.3) is 0 Å². The Bertz CT molecular complexity index is 425. The van der Waals surface area contributed by atoms with Crippen molar-refractivity contribution in [1.29, 1.82) is 0 Å². The molecule has 2 atom stereocenters. The predicted octanol–water partition coefficient (Wildman–Crippen LogP) is 3.85. The monoisotopic (exact) mass is 268 g/mol. The van der Waals surface area contributed by atoms with Gasteiger partial charge in [-0.1, -0.05) is 19.8 Å². The van der Waals surface area contributed by atoms with E-state index in [1.165, 1.54) is 24.2 Å². The fourth-order valence-corrected chi connectivity index (χ4v) is 3.37. The van der Waals surface area contributed by atoms with Gasteiger partial charge in [0.05, 0.1) is 12.7 Å². The van der Waals surface area contributed by atoms with E-state index >= 15 is 0 Å². The van der Waals surface area contributed by atoms with Crippen molar-refractivity contribution in [2.24, 2.45) is 5.92 Å². The van der Waals surface area contributed by atoms with Gasteiger partial charge in [-0.3, -0.25) is 0 Å². The third-order valence-corrected chi connectivity index (χ3v) is 4.67. The lowest BCUT2D eigenvalue weighted by atomic mass is 9.89. The molecular weight excluding hydrogens is 248 g/mol. The summed E-state index contributed by atoms with van der Waals surface area (Å²) in [5, 5.41) is 8.94. The minimum atomic E-state index is -0.847. The van der Waals surface area contributed by atoms with E-state index in [0.29, 0.717) is 17.6 Å². The molecule has 0 saturated heterocycles. The first-order valence-corrected chi connectivity index (χ1v) is 7.32. The van der Waals surface area contributed by atoms with Gasteiger partial charge in [-0.15, -0.1) is 11.3 Å². The van der Waals surface area contributed by atoms with Crippen LogP contribution in [0.1, 0.15) is 52.7 Å². The van der Waals surface area contributed by atoms with Crippen LogP contribution in [0.25, 0.3) is 0 Å². The highest BCUT2D eigenvalue weighted by Gasteiger charge is 2.20. The van der Waals surface area contributed by atoms with E-state index in [4.69, 9.17) is 9.84 Å². The summed E-state index contributed by atoms with van der Waals surface area (Å²) in [5.41, 5.74) is 1.02. The Morgan fingerprint density at radius 3 is 2.94 bits per heavy atom. The van der Waals surface area contributed by atoms with E-state index in [0.717, 1.165) is 29.2 Å². The first kappa shape index (κ1) is 13.6. The summed E-state index contributed by atoms with van der Waals surface area (Å²) in [7, 11) is 0. The molecule has 0 bridgehead atoms. The zero-order chi connectivity index (χ0) is 13.1. The summed E-state index contributed by atoms with van der Waals surface area (Å²) in [6, 6.07) is 1.74. The first-order chi connectivity index (χ1) is 8.56. The van der Waals surface area contributed by atoms with E-state index in [2.05, 4.69) is 6.92 Å². The molecule has 18 heavy (non-hydrogen) atoms. The molecule has 1 aromatic rings. The standard InChI is InChI=1S/C14H20O3S/c1-9-4-3-5-12(6-9)17-8-11-7-13(14(15)16)18-10(11)2/h7,9,12H,3-6,8H2,1-2H3,(H,15,16). The van der Waals surface area contributed by atoms with E-state index in [9.17, 15) is 4.79 Å². The van der Waals surface area contributed by atoms with Crippen LogP contribution in [0.2, 0.25) is 0 Å². The summed E-state index contributed by atoms with van der Waals surface area (Å²) in [4.78, 5) is 12.3. The SMILES string of the molecule is Cc1sc(C(=O)O)cc1COC1CCCC(C)C1. The van der Waals surface area contributed by atoms with Crippen LogP contribution < -0.4 is 0 Å². The molecule has 100 valence electrons. The lowest BCUT2D eigenvalue weighted by Gasteiger charge is -2.26. The van der Waals surface area contributed by atoms with Gasteiger partial charge in [0, 0.05) is 4.88 Å². The van der Waals surface area contributed by atoms with Crippen LogP contribution in [-0.2, 0) is 11.3 Å². The molecule has 3 nitrogen and oxygen atoms in total. The molecular formula is C14H20O3S. The van der Waals surface area contributed by atoms with E-state index in [1.807, 2.05) is 6.92 Å². The number of carboxylic acid groups (broad SMARTS) is 1. The first-order valence-electron chi connectivity index (χ1n) is 6.50. The van der Waals surface area contributed by atoms with Crippen LogP contribution in [0, 0.1) is 12.8 Å². The highest BCUT2D eigenvalue weighted by Crippen LogP contribution is 2.28. The number of hydrogen-bond donors (Lipinski definition) is 1. The number of rotatable bonds is 4. The lowest BCUT2D eigenvalue weighted by molar-refractivity contribution is 0.00462. The molecule has 0 spiro atoms. The molecule has 1 aliphatic rings. The molecule has 4 heteroatoms. The van der Waals surface area contributed by atoms with Crippen molar-refractivity contribution >= 4 is 17.3 Å². The second-order valence-corrected chi connectivity index (χ2v) is 6.46. The van der Waals surface area contributed by atoms with Gasteiger partial charge in [-0.05, 0) is 37.3 Å². The maximum Gasteiger partial charge on any atom is 0.345 e. The van der Waals surface area contributed by atoms with Crippen molar-refractivity contribution in [3.63, 3.8) is 0 Å². The van der Waals surface area contributed by atoms with Crippen molar-refractivity contribution < 1.29 is 14.6 Å². The van der Waals surface area contributed by atoms with Gasteiger partial charge in [0.2, 0.25) is 0 Å². The Labute approximate surface area is 112 Å². The molecule has 1 saturated carbocycles. The minimum Gasteiger partial charge on any atom is -0.477 e.